The van der Waals surface area contributed by atoms with Gasteiger partial charge in [-0.2, -0.15) is 0 Å². The number of rotatable bonds is 3. The van der Waals surface area contributed by atoms with Gasteiger partial charge >= 0.3 is 6.03 Å². The van der Waals surface area contributed by atoms with Gasteiger partial charge in [-0.25, -0.2) is 9.18 Å². The Labute approximate surface area is 140 Å². The molecule has 2 aromatic carbocycles. The maximum Gasteiger partial charge on any atom is 0.325 e. The highest BCUT2D eigenvalue weighted by Gasteiger charge is 2.10. The van der Waals surface area contributed by atoms with Crippen LogP contribution in [0.25, 0.3) is 10.6 Å². The molecule has 2 N–H and O–H groups in total. The van der Waals surface area contributed by atoms with Crippen LogP contribution < -0.4 is 10.6 Å². The van der Waals surface area contributed by atoms with Gasteiger partial charge in [-0.3, -0.25) is 5.32 Å². The summed E-state index contributed by atoms with van der Waals surface area (Å²) in [6.45, 7) is 0. The Morgan fingerprint density at radius 2 is 1.91 bits per heavy atom. The first-order chi connectivity index (χ1) is 11.1. The average Bonchev–Trinajstić information content (AvgIpc) is 2.95. The smallest absolute Gasteiger partial charge is 0.308 e. The zero-order valence-electron chi connectivity index (χ0n) is 11.6. The Hall–Kier alpha value is -2.51. The van der Waals surface area contributed by atoms with Gasteiger partial charge in [-0.05, 0) is 30.3 Å². The second-order valence-electron chi connectivity index (χ2n) is 4.51. The molecule has 0 saturated heterocycles. The van der Waals surface area contributed by atoms with Gasteiger partial charge < -0.3 is 5.32 Å². The van der Waals surface area contributed by atoms with Gasteiger partial charge in [0, 0.05) is 16.3 Å². The molecule has 0 unspecified atom stereocenters. The number of carbonyl (C=O) groups is 1. The predicted molar refractivity (Wildman–Crippen MR) is 89.4 cm³/mol. The molecule has 0 atom stereocenters. The Morgan fingerprint density at radius 1 is 1.09 bits per heavy atom. The number of benzene rings is 2. The molecule has 0 aliphatic carbocycles. The van der Waals surface area contributed by atoms with Gasteiger partial charge in [0.25, 0.3) is 0 Å². The number of urea groups is 1. The molecule has 2 amide bonds. The highest BCUT2D eigenvalue weighted by Crippen LogP contribution is 2.26. The third-order valence-corrected chi connectivity index (χ3v) is 3.92. The van der Waals surface area contributed by atoms with E-state index in [9.17, 15) is 9.18 Å². The van der Waals surface area contributed by atoms with Crippen molar-refractivity contribution in [2.45, 2.75) is 0 Å². The van der Waals surface area contributed by atoms with E-state index in [2.05, 4.69) is 20.8 Å². The highest BCUT2D eigenvalue weighted by molar-refractivity contribution is 7.18. The van der Waals surface area contributed by atoms with Gasteiger partial charge in [-0.1, -0.05) is 41.1 Å². The van der Waals surface area contributed by atoms with Gasteiger partial charge in [0.15, 0.2) is 0 Å². The SMILES string of the molecule is O=C(Nc1cccc(Cl)c1)Nc1nnc(-c2cccc(F)c2)s1. The van der Waals surface area contributed by atoms with Gasteiger partial charge in [0.2, 0.25) is 5.13 Å². The van der Waals surface area contributed by atoms with Gasteiger partial charge in [0.1, 0.15) is 10.8 Å². The Balaban J connectivity index is 1.68. The molecule has 3 aromatic rings. The highest BCUT2D eigenvalue weighted by atomic mass is 35.5. The van der Waals surface area contributed by atoms with E-state index >= 15 is 0 Å². The normalized spacial score (nSPS) is 10.3. The molecule has 1 aromatic heterocycles. The van der Waals surface area contributed by atoms with Crippen LogP contribution in [0, 0.1) is 5.82 Å². The Morgan fingerprint density at radius 3 is 2.70 bits per heavy atom. The van der Waals surface area contributed by atoms with Crippen molar-refractivity contribution in [3.8, 4) is 10.6 Å². The fourth-order valence-corrected chi connectivity index (χ4v) is 2.76. The van der Waals surface area contributed by atoms with E-state index in [1.54, 1.807) is 36.4 Å². The lowest BCUT2D eigenvalue weighted by molar-refractivity contribution is 0.262. The minimum Gasteiger partial charge on any atom is -0.308 e. The third kappa shape index (κ3) is 4.02. The van der Waals surface area contributed by atoms with Crippen molar-refractivity contribution in [3.05, 3.63) is 59.4 Å². The van der Waals surface area contributed by atoms with Crippen LogP contribution in [-0.4, -0.2) is 16.2 Å². The summed E-state index contributed by atoms with van der Waals surface area (Å²) >= 11 is 7.00. The van der Waals surface area contributed by atoms with Gasteiger partial charge in [0.05, 0.1) is 0 Å². The molecular weight excluding hydrogens is 339 g/mol. The first-order valence-electron chi connectivity index (χ1n) is 6.53. The molecule has 1 heterocycles. The number of amides is 2. The van der Waals surface area contributed by atoms with Crippen LogP contribution in [0.2, 0.25) is 5.02 Å². The van der Waals surface area contributed by atoms with E-state index in [1.807, 2.05) is 0 Å². The summed E-state index contributed by atoms with van der Waals surface area (Å²) in [5, 5.41) is 14.4. The van der Waals surface area contributed by atoms with Crippen LogP contribution in [0.5, 0.6) is 0 Å². The van der Waals surface area contributed by atoms with E-state index in [1.165, 1.54) is 12.1 Å². The van der Waals surface area contributed by atoms with E-state index in [-0.39, 0.29) is 5.82 Å². The molecule has 8 heteroatoms. The standard InChI is InChI=1S/C15H10ClFN4OS/c16-10-4-2-6-12(8-10)18-14(22)19-15-21-20-13(23-15)9-3-1-5-11(17)7-9/h1-8H,(H2,18,19,21,22). The summed E-state index contributed by atoms with van der Waals surface area (Å²) in [5.74, 6) is -0.356. The van der Waals surface area contributed by atoms with Crippen LogP contribution in [0.1, 0.15) is 0 Å². The quantitative estimate of drug-likeness (QED) is 0.724. The molecule has 0 saturated carbocycles. The summed E-state index contributed by atoms with van der Waals surface area (Å²) in [5.41, 5.74) is 1.16. The lowest BCUT2D eigenvalue weighted by Gasteiger charge is -2.04. The first-order valence-corrected chi connectivity index (χ1v) is 7.72. The molecule has 116 valence electrons. The maximum atomic E-state index is 13.2. The topological polar surface area (TPSA) is 66.9 Å². The van der Waals surface area contributed by atoms with Crippen molar-refractivity contribution in [2.24, 2.45) is 0 Å². The van der Waals surface area contributed by atoms with Gasteiger partial charge in [-0.15, -0.1) is 10.2 Å². The molecule has 0 radical (unpaired) electrons. The Kier molecular flexibility index (Phi) is 4.50. The van der Waals surface area contributed by atoms with E-state index in [4.69, 9.17) is 11.6 Å². The lowest BCUT2D eigenvalue weighted by atomic mass is 10.2. The zero-order valence-corrected chi connectivity index (χ0v) is 13.2. The molecular formula is C15H10ClFN4OS. The minimum atomic E-state index is -0.464. The molecule has 5 nitrogen and oxygen atoms in total. The van der Waals surface area contributed by atoms with Crippen molar-refractivity contribution < 1.29 is 9.18 Å². The summed E-state index contributed by atoms with van der Waals surface area (Å²) in [6.07, 6.45) is 0. The second kappa shape index (κ2) is 6.72. The number of anilines is 2. The average molecular weight is 349 g/mol. The number of carbonyl (C=O) groups excluding carboxylic acids is 1. The van der Waals surface area contributed by atoms with Crippen LogP contribution in [-0.2, 0) is 0 Å². The number of aromatic nitrogens is 2. The summed E-state index contributed by atoms with van der Waals surface area (Å²) in [7, 11) is 0. The van der Waals surface area contributed by atoms with Crippen LogP contribution in [0.4, 0.5) is 20.0 Å². The monoisotopic (exact) mass is 348 g/mol. The second-order valence-corrected chi connectivity index (χ2v) is 5.93. The van der Waals surface area contributed by atoms with Crippen molar-refractivity contribution in [1.29, 1.82) is 0 Å². The van der Waals surface area contributed by atoms with E-state index in [0.29, 0.717) is 26.4 Å². The minimum absolute atomic E-state index is 0.309. The molecule has 0 spiro atoms. The number of nitrogens with one attached hydrogen (secondary N) is 2. The summed E-state index contributed by atoms with van der Waals surface area (Å²) in [6, 6.07) is 12.3. The zero-order chi connectivity index (χ0) is 16.2. The molecule has 0 bridgehead atoms. The fraction of sp³-hybridized carbons (Fsp3) is 0. The third-order valence-electron chi connectivity index (χ3n) is 2.80. The molecule has 0 fully saturated rings. The number of hydrogen-bond acceptors (Lipinski definition) is 4. The van der Waals surface area contributed by atoms with Crippen molar-refractivity contribution >= 4 is 39.8 Å². The first kappa shape index (κ1) is 15.4. The molecule has 3 rings (SSSR count). The van der Waals surface area contributed by atoms with Crippen LogP contribution in [0.3, 0.4) is 0 Å². The van der Waals surface area contributed by atoms with Crippen LogP contribution in [0.15, 0.2) is 48.5 Å². The van der Waals surface area contributed by atoms with Crippen molar-refractivity contribution in [3.63, 3.8) is 0 Å². The number of halogens is 2. The van der Waals surface area contributed by atoms with E-state index < -0.39 is 6.03 Å². The number of hydrogen-bond donors (Lipinski definition) is 2. The van der Waals surface area contributed by atoms with E-state index in [0.717, 1.165) is 11.3 Å². The van der Waals surface area contributed by atoms with Crippen LogP contribution >= 0.6 is 22.9 Å². The molecule has 23 heavy (non-hydrogen) atoms. The van der Waals surface area contributed by atoms with Crippen molar-refractivity contribution in [1.82, 2.24) is 10.2 Å². The Bertz CT molecular complexity index is 855. The maximum absolute atomic E-state index is 13.2. The number of nitrogens with zero attached hydrogens (tertiary/aromatic N) is 2. The molecule has 0 aliphatic heterocycles. The summed E-state index contributed by atoms with van der Waals surface area (Å²) < 4.78 is 13.2. The van der Waals surface area contributed by atoms with Crippen molar-refractivity contribution in [2.75, 3.05) is 10.6 Å². The largest absolute Gasteiger partial charge is 0.325 e. The lowest BCUT2D eigenvalue weighted by Crippen LogP contribution is -2.19. The fourth-order valence-electron chi connectivity index (χ4n) is 1.84. The summed E-state index contributed by atoms with van der Waals surface area (Å²) in [4.78, 5) is 11.9. The predicted octanol–water partition coefficient (Wildman–Crippen LogP) is 4.64. The molecule has 0 aliphatic rings.